The van der Waals surface area contributed by atoms with Crippen LogP contribution in [-0.2, 0) is 11.2 Å². The third-order valence-corrected chi connectivity index (χ3v) is 1.62. The molecule has 0 aliphatic heterocycles. The molecule has 1 aromatic carbocycles. The number of phenolic OH excluding ortho intramolecular Hbond substituents is 1. The standard InChI is InChI=1S/C9H10O4/c10-7-3-1-2-6(4-7)5-8(11)9(12)13/h1-4,8,10-11H,5H2,(H,12,13). The fraction of sp³-hybridized carbons (Fsp3) is 0.222. The van der Waals surface area contributed by atoms with Crippen molar-refractivity contribution in [3.05, 3.63) is 29.8 Å². The van der Waals surface area contributed by atoms with E-state index in [0.717, 1.165) is 0 Å². The largest absolute Gasteiger partial charge is 0.508 e. The summed E-state index contributed by atoms with van der Waals surface area (Å²) >= 11 is 0. The maximum atomic E-state index is 10.3. The number of aliphatic carboxylic acids is 1. The molecule has 70 valence electrons. The zero-order valence-electron chi connectivity index (χ0n) is 6.84. The van der Waals surface area contributed by atoms with Crippen LogP contribution in [0.5, 0.6) is 5.75 Å². The molecule has 0 heterocycles. The number of phenols is 1. The first-order chi connectivity index (χ1) is 6.09. The highest BCUT2D eigenvalue weighted by atomic mass is 16.4. The van der Waals surface area contributed by atoms with Gasteiger partial charge >= 0.3 is 5.97 Å². The SMILES string of the molecule is O=C(O)C(O)Cc1cccc(O)c1. The molecule has 0 bridgehead atoms. The Kier molecular flexibility index (Phi) is 2.87. The van der Waals surface area contributed by atoms with Crippen LogP contribution in [0.15, 0.2) is 24.3 Å². The molecule has 0 aromatic heterocycles. The average molecular weight is 182 g/mol. The first-order valence-corrected chi connectivity index (χ1v) is 3.78. The number of hydrogen-bond acceptors (Lipinski definition) is 3. The predicted octanol–water partition coefficient (Wildman–Crippen LogP) is 0.380. The zero-order chi connectivity index (χ0) is 9.84. The van der Waals surface area contributed by atoms with Gasteiger partial charge in [-0.15, -0.1) is 0 Å². The first-order valence-electron chi connectivity index (χ1n) is 3.78. The minimum Gasteiger partial charge on any atom is -0.508 e. The lowest BCUT2D eigenvalue weighted by molar-refractivity contribution is -0.146. The molecule has 4 heteroatoms. The highest BCUT2D eigenvalue weighted by molar-refractivity contribution is 5.72. The lowest BCUT2D eigenvalue weighted by atomic mass is 10.1. The number of carboxylic acids is 1. The number of carboxylic acid groups (broad SMARTS) is 1. The summed E-state index contributed by atoms with van der Waals surface area (Å²) in [6.45, 7) is 0. The molecule has 0 amide bonds. The summed E-state index contributed by atoms with van der Waals surface area (Å²) in [5, 5.41) is 26.4. The molecule has 0 saturated carbocycles. The van der Waals surface area contributed by atoms with Crippen LogP contribution in [0.2, 0.25) is 0 Å². The zero-order valence-corrected chi connectivity index (χ0v) is 6.84. The lowest BCUT2D eigenvalue weighted by Crippen LogP contribution is -2.21. The fourth-order valence-electron chi connectivity index (χ4n) is 0.994. The summed E-state index contributed by atoms with van der Waals surface area (Å²) in [4.78, 5) is 10.3. The van der Waals surface area contributed by atoms with E-state index in [2.05, 4.69) is 0 Å². The van der Waals surface area contributed by atoms with E-state index in [1.165, 1.54) is 12.1 Å². The highest BCUT2D eigenvalue weighted by Gasteiger charge is 2.13. The van der Waals surface area contributed by atoms with Crippen LogP contribution < -0.4 is 0 Å². The minimum absolute atomic E-state index is 0.00370. The van der Waals surface area contributed by atoms with Gasteiger partial charge in [0.25, 0.3) is 0 Å². The number of hydrogen-bond donors (Lipinski definition) is 3. The van der Waals surface area contributed by atoms with Crippen LogP contribution in [0.25, 0.3) is 0 Å². The fourth-order valence-corrected chi connectivity index (χ4v) is 0.994. The Morgan fingerprint density at radius 3 is 2.69 bits per heavy atom. The van der Waals surface area contributed by atoms with Crippen molar-refractivity contribution in [2.24, 2.45) is 0 Å². The molecular formula is C9H10O4. The Labute approximate surface area is 75.1 Å². The second-order valence-electron chi connectivity index (χ2n) is 2.73. The number of aromatic hydroxyl groups is 1. The van der Waals surface area contributed by atoms with Crippen LogP contribution in [0.1, 0.15) is 5.56 Å². The quantitative estimate of drug-likeness (QED) is 0.631. The van der Waals surface area contributed by atoms with Gasteiger partial charge in [0.1, 0.15) is 5.75 Å². The molecule has 4 nitrogen and oxygen atoms in total. The maximum absolute atomic E-state index is 10.3. The van der Waals surface area contributed by atoms with Crippen LogP contribution in [0.3, 0.4) is 0 Å². The monoisotopic (exact) mass is 182 g/mol. The molecule has 1 atom stereocenters. The van der Waals surface area contributed by atoms with Gasteiger partial charge in [-0.3, -0.25) is 0 Å². The van der Waals surface area contributed by atoms with Crippen molar-refractivity contribution in [1.82, 2.24) is 0 Å². The molecule has 0 radical (unpaired) electrons. The Balaban J connectivity index is 2.69. The molecule has 1 unspecified atom stereocenters. The maximum Gasteiger partial charge on any atom is 0.332 e. The number of rotatable bonds is 3. The normalized spacial score (nSPS) is 12.4. The van der Waals surface area contributed by atoms with Crippen molar-refractivity contribution in [2.45, 2.75) is 12.5 Å². The second-order valence-corrected chi connectivity index (χ2v) is 2.73. The van der Waals surface area contributed by atoms with E-state index < -0.39 is 12.1 Å². The summed E-state index contributed by atoms with van der Waals surface area (Å²) in [5.74, 6) is -1.20. The second kappa shape index (κ2) is 3.91. The van der Waals surface area contributed by atoms with E-state index in [1.54, 1.807) is 12.1 Å². The van der Waals surface area contributed by atoms with Gasteiger partial charge in [-0.1, -0.05) is 12.1 Å². The van der Waals surface area contributed by atoms with Gasteiger partial charge in [-0.2, -0.15) is 0 Å². The molecule has 0 saturated heterocycles. The number of carbonyl (C=O) groups is 1. The number of aliphatic hydroxyl groups is 1. The molecule has 3 N–H and O–H groups in total. The van der Waals surface area contributed by atoms with Crippen LogP contribution in [0, 0.1) is 0 Å². The van der Waals surface area contributed by atoms with E-state index in [-0.39, 0.29) is 12.2 Å². The van der Waals surface area contributed by atoms with E-state index in [4.69, 9.17) is 15.3 Å². The lowest BCUT2D eigenvalue weighted by Gasteiger charge is -2.05. The minimum atomic E-state index is -1.42. The van der Waals surface area contributed by atoms with Crippen molar-refractivity contribution in [2.75, 3.05) is 0 Å². The van der Waals surface area contributed by atoms with Gasteiger partial charge in [-0.05, 0) is 17.7 Å². The first kappa shape index (κ1) is 9.54. The molecule has 0 spiro atoms. The molecular weight excluding hydrogens is 172 g/mol. The summed E-state index contributed by atoms with van der Waals surface area (Å²) < 4.78 is 0. The summed E-state index contributed by atoms with van der Waals surface area (Å²) in [7, 11) is 0. The van der Waals surface area contributed by atoms with Gasteiger partial charge in [0.2, 0.25) is 0 Å². The smallest absolute Gasteiger partial charge is 0.332 e. The molecule has 1 rings (SSSR count). The van der Waals surface area contributed by atoms with Gasteiger partial charge in [0, 0.05) is 6.42 Å². The van der Waals surface area contributed by atoms with Crippen LogP contribution >= 0.6 is 0 Å². The molecule has 0 aliphatic rings. The topological polar surface area (TPSA) is 77.8 Å². The molecule has 13 heavy (non-hydrogen) atoms. The Morgan fingerprint density at radius 1 is 1.46 bits per heavy atom. The Morgan fingerprint density at radius 2 is 2.15 bits per heavy atom. The van der Waals surface area contributed by atoms with Gasteiger partial charge in [0.15, 0.2) is 6.10 Å². The molecule has 1 aromatic rings. The van der Waals surface area contributed by atoms with Crippen molar-refractivity contribution in [3.8, 4) is 5.75 Å². The van der Waals surface area contributed by atoms with Crippen LogP contribution in [0.4, 0.5) is 0 Å². The van der Waals surface area contributed by atoms with E-state index in [9.17, 15) is 4.79 Å². The van der Waals surface area contributed by atoms with Crippen molar-refractivity contribution in [1.29, 1.82) is 0 Å². The van der Waals surface area contributed by atoms with Crippen molar-refractivity contribution < 1.29 is 20.1 Å². The van der Waals surface area contributed by atoms with Crippen LogP contribution in [-0.4, -0.2) is 27.4 Å². The van der Waals surface area contributed by atoms with E-state index in [1.807, 2.05) is 0 Å². The number of benzene rings is 1. The Bertz CT molecular complexity index is 308. The predicted molar refractivity (Wildman–Crippen MR) is 45.5 cm³/mol. The van der Waals surface area contributed by atoms with Gasteiger partial charge < -0.3 is 15.3 Å². The third kappa shape index (κ3) is 2.76. The van der Waals surface area contributed by atoms with E-state index >= 15 is 0 Å². The highest BCUT2D eigenvalue weighted by Crippen LogP contribution is 2.12. The summed E-state index contributed by atoms with van der Waals surface area (Å²) in [6.07, 6.45) is -1.41. The van der Waals surface area contributed by atoms with Crippen molar-refractivity contribution >= 4 is 5.97 Å². The van der Waals surface area contributed by atoms with E-state index in [0.29, 0.717) is 5.56 Å². The molecule has 0 fully saturated rings. The summed E-state index contributed by atoms with van der Waals surface area (Å²) in [5.41, 5.74) is 0.593. The number of aliphatic hydroxyl groups excluding tert-OH is 1. The van der Waals surface area contributed by atoms with Crippen molar-refractivity contribution in [3.63, 3.8) is 0 Å². The molecule has 0 aliphatic carbocycles. The van der Waals surface area contributed by atoms with Gasteiger partial charge in [-0.25, -0.2) is 4.79 Å². The third-order valence-electron chi connectivity index (χ3n) is 1.62. The summed E-state index contributed by atoms with van der Waals surface area (Å²) in [6, 6.07) is 6.15. The average Bonchev–Trinajstić information content (AvgIpc) is 2.04. The Hall–Kier alpha value is -1.55. The van der Waals surface area contributed by atoms with Gasteiger partial charge in [0.05, 0.1) is 0 Å².